The minimum atomic E-state index is -0.584. The summed E-state index contributed by atoms with van der Waals surface area (Å²) in [6.07, 6.45) is 2.93. The number of carbonyl (C=O) groups is 2. The quantitative estimate of drug-likeness (QED) is 0.735. The number of nitrogens with zero attached hydrogens (tertiary/aromatic N) is 1. The molecule has 0 aromatic carbocycles. The molecule has 1 aliphatic rings. The number of carbonyl (C=O) groups excluding carboxylic acids is 2. The summed E-state index contributed by atoms with van der Waals surface area (Å²) in [5, 5.41) is 0. The minimum Gasteiger partial charge on any atom is -0.469 e. The lowest BCUT2D eigenvalue weighted by atomic mass is 9.86. The van der Waals surface area contributed by atoms with Crippen LogP contribution in [0.2, 0.25) is 0 Å². The van der Waals surface area contributed by atoms with Crippen molar-refractivity contribution in [3.05, 3.63) is 11.6 Å². The molecule has 0 saturated heterocycles. The molecular formula is C15H25NO3. The second-order valence-corrected chi connectivity index (χ2v) is 6.06. The third-order valence-electron chi connectivity index (χ3n) is 3.68. The molecule has 0 N–H and O–H groups in total. The fraction of sp³-hybridized carbons (Fsp3) is 0.733. The Morgan fingerprint density at radius 3 is 2.21 bits per heavy atom. The standard InChI is InChI=1S/C15H25NO3/c1-10(2)16(11(3)4)13(17)12-7-8-15(5,9-12)14(18)19-6/h7,10-11H,8-9H2,1-6H3. The van der Waals surface area contributed by atoms with Crippen molar-refractivity contribution < 1.29 is 14.3 Å². The number of amides is 1. The first-order chi connectivity index (χ1) is 8.73. The van der Waals surface area contributed by atoms with Crippen LogP contribution in [0.5, 0.6) is 0 Å². The van der Waals surface area contributed by atoms with Crippen molar-refractivity contribution in [2.24, 2.45) is 5.41 Å². The van der Waals surface area contributed by atoms with Crippen LogP contribution in [0.3, 0.4) is 0 Å². The van der Waals surface area contributed by atoms with Crippen LogP contribution in [-0.2, 0) is 14.3 Å². The Kier molecular flexibility index (Phi) is 4.77. The van der Waals surface area contributed by atoms with Gasteiger partial charge in [-0.2, -0.15) is 0 Å². The molecule has 108 valence electrons. The summed E-state index contributed by atoms with van der Waals surface area (Å²) in [4.78, 5) is 26.1. The number of ether oxygens (including phenoxy) is 1. The Labute approximate surface area is 115 Å². The summed E-state index contributed by atoms with van der Waals surface area (Å²) >= 11 is 0. The highest BCUT2D eigenvalue weighted by Gasteiger charge is 2.41. The highest BCUT2D eigenvalue weighted by molar-refractivity contribution is 5.96. The fourth-order valence-electron chi connectivity index (χ4n) is 2.71. The van der Waals surface area contributed by atoms with Gasteiger partial charge >= 0.3 is 5.97 Å². The number of allylic oxidation sites excluding steroid dienone is 1. The van der Waals surface area contributed by atoms with E-state index in [0.717, 1.165) is 5.57 Å². The van der Waals surface area contributed by atoms with Gasteiger partial charge in [0.25, 0.3) is 0 Å². The van der Waals surface area contributed by atoms with Crippen molar-refractivity contribution in [1.82, 2.24) is 4.90 Å². The lowest BCUT2D eigenvalue weighted by Crippen LogP contribution is -2.43. The number of hydrogen-bond donors (Lipinski definition) is 0. The highest BCUT2D eigenvalue weighted by Crippen LogP contribution is 2.39. The summed E-state index contributed by atoms with van der Waals surface area (Å²) in [6.45, 7) is 9.88. The van der Waals surface area contributed by atoms with Crippen LogP contribution in [-0.4, -0.2) is 36.0 Å². The molecule has 0 saturated carbocycles. The zero-order valence-electron chi connectivity index (χ0n) is 12.8. The lowest BCUT2D eigenvalue weighted by molar-refractivity contribution is -0.151. The van der Waals surface area contributed by atoms with Crippen molar-refractivity contribution in [2.75, 3.05) is 7.11 Å². The van der Waals surface area contributed by atoms with Gasteiger partial charge in [0.2, 0.25) is 5.91 Å². The zero-order valence-corrected chi connectivity index (χ0v) is 12.8. The first kappa shape index (κ1) is 15.7. The Hall–Kier alpha value is -1.32. The molecule has 0 radical (unpaired) electrons. The van der Waals surface area contributed by atoms with Gasteiger partial charge in [-0.1, -0.05) is 6.08 Å². The summed E-state index contributed by atoms with van der Waals surface area (Å²) in [7, 11) is 1.39. The van der Waals surface area contributed by atoms with E-state index in [-0.39, 0.29) is 24.0 Å². The summed E-state index contributed by atoms with van der Waals surface area (Å²) in [5.74, 6) is -0.204. The maximum absolute atomic E-state index is 12.5. The number of esters is 1. The van der Waals surface area contributed by atoms with Crippen LogP contribution in [0.1, 0.15) is 47.5 Å². The van der Waals surface area contributed by atoms with Gasteiger partial charge in [0, 0.05) is 17.7 Å². The number of methoxy groups -OCH3 is 1. The highest BCUT2D eigenvalue weighted by atomic mass is 16.5. The molecule has 0 aliphatic heterocycles. The Bertz CT molecular complexity index is 390. The van der Waals surface area contributed by atoms with E-state index in [1.54, 1.807) is 0 Å². The van der Waals surface area contributed by atoms with Gasteiger partial charge in [-0.15, -0.1) is 0 Å². The maximum atomic E-state index is 12.5. The van der Waals surface area contributed by atoms with Crippen molar-refractivity contribution in [1.29, 1.82) is 0 Å². The maximum Gasteiger partial charge on any atom is 0.312 e. The molecule has 0 bridgehead atoms. The van der Waals surface area contributed by atoms with Crippen LogP contribution >= 0.6 is 0 Å². The minimum absolute atomic E-state index is 0.0395. The van der Waals surface area contributed by atoms with Gasteiger partial charge in [-0.3, -0.25) is 9.59 Å². The zero-order chi connectivity index (χ0) is 14.8. The third kappa shape index (κ3) is 3.17. The Morgan fingerprint density at radius 2 is 1.79 bits per heavy atom. The third-order valence-corrected chi connectivity index (χ3v) is 3.68. The molecular weight excluding hydrogens is 242 g/mol. The van der Waals surface area contributed by atoms with E-state index in [0.29, 0.717) is 12.8 Å². The fourth-order valence-corrected chi connectivity index (χ4v) is 2.71. The van der Waals surface area contributed by atoms with Crippen LogP contribution in [0.4, 0.5) is 0 Å². The van der Waals surface area contributed by atoms with E-state index in [1.165, 1.54) is 7.11 Å². The van der Waals surface area contributed by atoms with Crippen molar-refractivity contribution in [2.45, 2.75) is 59.5 Å². The summed E-state index contributed by atoms with van der Waals surface area (Å²) in [6, 6.07) is 0.303. The summed E-state index contributed by atoms with van der Waals surface area (Å²) < 4.78 is 4.82. The molecule has 0 aromatic rings. The molecule has 4 nitrogen and oxygen atoms in total. The first-order valence-electron chi connectivity index (χ1n) is 6.83. The van der Waals surface area contributed by atoms with Gasteiger partial charge in [0.1, 0.15) is 0 Å². The first-order valence-corrected chi connectivity index (χ1v) is 6.83. The molecule has 1 rings (SSSR count). The van der Waals surface area contributed by atoms with E-state index in [9.17, 15) is 9.59 Å². The molecule has 1 unspecified atom stereocenters. The van der Waals surface area contributed by atoms with Gasteiger partial charge in [-0.05, 0) is 47.5 Å². The average Bonchev–Trinajstić information content (AvgIpc) is 2.71. The SMILES string of the molecule is COC(=O)C1(C)CC=C(C(=O)N(C(C)C)C(C)C)C1. The van der Waals surface area contributed by atoms with E-state index in [4.69, 9.17) is 4.74 Å². The number of hydrogen-bond acceptors (Lipinski definition) is 3. The predicted octanol–water partition coefficient (Wildman–Crippen LogP) is 2.53. The second kappa shape index (κ2) is 5.76. The molecule has 1 aliphatic carbocycles. The van der Waals surface area contributed by atoms with E-state index < -0.39 is 5.41 Å². The molecule has 1 amide bonds. The topological polar surface area (TPSA) is 46.6 Å². The molecule has 0 spiro atoms. The van der Waals surface area contributed by atoms with Crippen LogP contribution < -0.4 is 0 Å². The second-order valence-electron chi connectivity index (χ2n) is 6.06. The van der Waals surface area contributed by atoms with E-state index in [1.807, 2.05) is 45.6 Å². The van der Waals surface area contributed by atoms with Gasteiger partial charge < -0.3 is 9.64 Å². The Balaban J connectivity index is 2.84. The van der Waals surface area contributed by atoms with Gasteiger partial charge in [0.05, 0.1) is 12.5 Å². The number of rotatable bonds is 4. The lowest BCUT2D eigenvalue weighted by Gasteiger charge is -2.31. The molecule has 0 fully saturated rings. The summed E-state index contributed by atoms with van der Waals surface area (Å²) in [5.41, 5.74) is 0.148. The van der Waals surface area contributed by atoms with Crippen molar-refractivity contribution >= 4 is 11.9 Å². The largest absolute Gasteiger partial charge is 0.469 e. The van der Waals surface area contributed by atoms with Crippen molar-refractivity contribution in [3.63, 3.8) is 0 Å². The van der Waals surface area contributed by atoms with Crippen LogP contribution in [0.15, 0.2) is 11.6 Å². The molecule has 1 atom stereocenters. The normalized spacial score (nSPS) is 22.6. The van der Waals surface area contributed by atoms with Crippen molar-refractivity contribution in [3.8, 4) is 0 Å². The van der Waals surface area contributed by atoms with Crippen LogP contribution in [0.25, 0.3) is 0 Å². The van der Waals surface area contributed by atoms with Gasteiger partial charge in [0.15, 0.2) is 0 Å². The van der Waals surface area contributed by atoms with Gasteiger partial charge in [-0.25, -0.2) is 0 Å². The molecule has 19 heavy (non-hydrogen) atoms. The monoisotopic (exact) mass is 267 g/mol. The molecule has 0 heterocycles. The van der Waals surface area contributed by atoms with E-state index >= 15 is 0 Å². The molecule has 4 heteroatoms. The van der Waals surface area contributed by atoms with E-state index in [2.05, 4.69) is 0 Å². The van der Waals surface area contributed by atoms with Crippen LogP contribution in [0, 0.1) is 5.41 Å². The average molecular weight is 267 g/mol. The Morgan fingerprint density at radius 1 is 1.26 bits per heavy atom. The molecule has 0 aromatic heterocycles. The smallest absolute Gasteiger partial charge is 0.312 e. The predicted molar refractivity (Wildman–Crippen MR) is 74.6 cm³/mol.